The first-order valence-electron chi connectivity index (χ1n) is 6.32. The van der Waals surface area contributed by atoms with Crippen LogP contribution in [0.25, 0.3) is 0 Å². The van der Waals surface area contributed by atoms with Crippen LogP contribution in [0.2, 0.25) is 0 Å². The Hall–Kier alpha value is -2.47. The highest BCUT2D eigenvalue weighted by Gasteiger charge is 2.05. The summed E-state index contributed by atoms with van der Waals surface area (Å²) in [5.74, 6) is 0.485. The van der Waals surface area contributed by atoms with E-state index in [4.69, 9.17) is 5.11 Å². The Morgan fingerprint density at radius 2 is 2.15 bits per heavy atom. The van der Waals surface area contributed by atoms with Crippen LogP contribution in [0.15, 0.2) is 42.9 Å². The highest BCUT2D eigenvalue weighted by atomic mass is 16.3. The standard InChI is InChI=1S/C14H16N4O2/c19-8-2-7-16-13-5-4-12(10-17-13)18-14(20)11-3-1-6-15-9-11/h1,3-6,9-10,19H,2,7-8H2,(H,16,17)(H,18,20). The maximum Gasteiger partial charge on any atom is 0.257 e. The second-order valence-corrected chi connectivity index (χ2v) is 4.13. The molecule has 0 aromatic carbocycles. The van der Waals surface area contributed by atoms with E-state index in [0.717, 1.165) is 0 Å². The van der Waals surface area contributed by atoms with Gasteiger partial charge >= 0.3 is 0 Å². The van der Waals surface area contributed by atoms with Crippen LogP contribution in [0.5, 0.6) is 0 Å². The first-order chi connectivity index (χ1) is 9.79. The highest BCUT2D eigenvalue weighted by molar-refractivity contribution is 6.03. The summed E-state index contributed by atoms with van der Waals surface area (Å²) in [6.07, 6.45) is 5.37. The number of carbonyl (C=O) groups is 1. The van der Waals surface area contributed by atoms with Crippen molar-refractivity contribution in [1.29, 1.82) is 0 Å². The van der Waals surface area contributed by atoms with Crippen molar-refractivity contribution in [1.82, 2.24) is 9.97 Å². The van der Waals surface area contributed by atoms with Gasteiger partial charge in [-0.05, 0) is 30.7 Å². The van der Waals surface area contributed by atoms with Gasteiger partial charge in [0, 0.05) is 25.5 Å². The number of hydrogen-bond donors (Lipinski definition) is 3. The molecule has 2 rings (SSSR count). The van der Waals surface area contributed by atoms with Gasteiger partial charge in [0.15, 0.2) is 0 Å². The lowest BCUT2D eigenvalue weighted by Crippen LogP contribution is -2.12. The zero-order valence-electron chi connectivity index (χ0n) is 10.9. The number of aliphatic hydroxyl groups is 1. The molecule has 0 fully saturated rings. The molecule has 0 aliphatic carbocycles. The van der Waals surface area contributed by atoms with Crippen molar-refractivity contribution in [2.24, 2.45) is 0 Å². The molecular formula is C14H16N4O2. The minimum atomic E-state index is -0.221. The molecule has 0 saturated heterocycles. The monoisotopic (exact) mass is 272 g/mol. The average molecular weight is 272 g/mol. The van der Waals surface area contributed by atoms with Crippen LogP contribution >= 0.6 is 0 Å². The van der Waals surface area contributed by atoms with E-state index in [1.165, 1.54) is 6.20 Å². The van der Waals surface area contributed by atoms with Gasteiger partial charge in [0.05, 0.1) is 17.4 Å². The van der Waals surface area contributed by atoms with Crippen molar-refractivity contribution in [3.63, 3.8) is 0 Å². The first kappa shape index (κ1) is 14.0. The summed E-state index contributed by atoms with van der Waals surface area (Å²) in [5.41, 5.74) is 1.12. The SMILES string of the molecule is O=C(Nc1ccc(NCCCO)nc1)c1cccnc1. The molecule has 0 aliphatic rings. The Balaban J connectivity index is 1.92. The third kappa shape index (κ3) is 4.03. The summed E-state index contributed by atoms with van der Waals surface area (Å²) in [5, 5.41) is 14.5. The molecule has 0 spiro atoms. The lowest BCUT2D eigenvalue weighted by Gasteiger charge is -2.07. The van der Waals surface area contributed by atoms with Crippen LogP contribution in [0.3, 0.4) is 0 Å². The van der Waals surface area contributed by atoms with E-state index in [1.807, 2.05) is 0 Å². The smallest absolute Gasteiger partial charge is 0.257 e. The Bertz CT molecular complexity index is 543. The first-order valence-corrected chi connectivity index (χ1v) is 6.32. The minimum absolute atomic E-state index is 0.145. The summed E-state index contributed by atoms with van der Waals surface area (Å²) in [6.45, 7) is 0.803. The summed E-state index contributed by atoms with van der Waals surface area (Å²) >= 11 is 0. The van der Waals surface area contributed by atoms with E-state index < -0.39 is 0 Å². The van der Waals surface area contributed by atoms with Gasteiger partial charge in [-0.2, -0.15) is 0 Å². The van der Waals surface area contributed by atoms with Crippen LogP contribution in [-0.4, -0.2) is 34.1 Å². The van der Waals surface area contributed by atoms with E-state index in [9.17, 15) is 4.79 Å². The number of aromatic nitrogens is 2. The lowest BCUT2D eigenvalue weighted by molar-refractivity contribution is 0.102. The second-order valence-electron chi connectivity index (χ2n) is 4.13. The molecule has 20 heavy (non-hydrogen) atoms. The molecule has 3 N–H and O–H groups in total. The van der Waals surface area contributed by atoms with Gasteiger partial charge in [-0.1, -0.05) is 0 Å². The topological polar surface area (TPSA) is 87.1 Å². The predicted molar refractivity (Wildman–Crippen MR) is 76.6 cm³/mol. The van der Waals surface area contributed by atoms with Gasteiger partial charge in [0.2, 0.25) is 0 Å². The third-order valence-corrected chi connectivity index (χ3v) is 2.59. The van der Waals surface area contributed by atoms with Gasteiger partial charge in [-0.15, -0.1) is 0 Å². The molecule has 0 radical (unpaired) electrons. The summed E-state index contributed by atoms with van der Waals surface area (Å²) < 4.78 is 0. The maximum atomic E-state index is 11.9. The molecule has 6 nitrogen and oxygen atoms in total. The normalized spacial score (nSPS) is 10.1. The highest BCUT2D eigenvalue weighted by Crippen LogP contribution is 2.11. The molecule has 6 heteroatoms. The number of carbonyl (C=O) groups excluding carboxylic acids is 1. The lowest BCUT2D eigenvalue weighted by atomic mass is 10.2. The van der Waals surface area contributed by atoms with E-state index in [0.29, 0.717) is 30.0 Å². The van der Waals surface area contributed by atoms with Crippen LogP contribution in [0.1, 0.15) is 16.8 Å². The Labute approximate surface area is 116 Å². The van der Waals surface area contributed by atoms with Crippen molar-refractivity contribution in [2.45, 2.75) is 6.42 Å². The zero-order chi connectivity index (χ0) is 14.2. The number of anilines is 2. The van der Waals surface area contributed by atoms with Gasteiger partial charge in [-0.25, -0.2) is 4.98 Å². The molecule has 104 valence electrons. The summed E-state index contributed by atoms with van der Waals surface area (Å²) in [4.78, 5) is 20.0. The van der Waals surface area contributed by atoms with Gasteiger partial charge in [0.1, 0.15) is 5.82 Å². The largest absolute Gasteiger partial charge is 0.396 e. The Morgan fingerprint density at radius 1 is 1.25 bits per heavy atom. The molecule has 1 amide bonds. The molecular weight excluding hydrogens is 256 g/mol. The Kier molecular flexibility index (Phi) is 5.02. The zero-order valence-corrected chi connectivity index (χ0v) is 10.9. The van der Waals surface area contributed by atoms with Crippen LogP contribution in [0.4, 0.5) is 11.5 Å². The summed E-state index contributed by atoms with van der Waals surface area (Å²) in [7, 11) is 0. The number of aliphatic hydroxyl groups excluding tert-OH is 1. The van der Waals surface area contributed by atoms with Crippen molar-refractivity contribution < 1.29 is 9.90 Å². The minimum Gasteiger partial charge on any atom is -0.396 e. The Morgan fingerprint density at radius 3 is 2.80 bits per heavy atom. The molecule has 2 aromatic rings. The predicted octanol–water partition coefficient (Wildman–Crippen LogP) is 1.52. The van der Waals surface area contributed by atoms with Gasteiger partial charge in [-0.3, -0.25) is 9.78 Å². The van der Waals surface area contributed by atoms with E-state index in [-0.39, 0.29) is 12.5 Å². The number of rotatable bonds is 6. The third-order valence-electron chi connectivity index (χ3n) is 2.59. The van der Waals surface area contributed by atoms with Crippen LogP contribution in [0, 0.1) is 0 Å². The molecule has 0 aliphatic heterocycles. The molecule has 0 saturated carbocycles. The van der Waals surface area contributed by atoms with Crippen molar-refractivity contribution in [3.8, 4) is 0 Å². The van der Waals surface area contributed by atoms with Crippen LogP contribution in [-0.2, 0) is 0 Å². The fraction of sp³-hybridized carbons (Fsp3) is 0.214. The summed E-state index contributed by atoms with van der Waals surface area (Å²) in [6, 6.07) is 6.95. The molecule has 0 bridgehead atoms. The molecule has 0 unspecified atom stereocenters. The van der Waals surface area contributed by atoms with Crippen molar-refractivity contribution in [3.05, 3.63) is 48.4 Å². The second kappa shape index (κ2) is 7.20. The fourth-order valence-corrected chi connectivity index (χ4v) is 1.57. The quantitative estimate of drug-likeness (QED) is 0.694. The molecule has 2 heterocycles. The van der Waals surface area contributed by atoms with Gasteiger partial charge < -0.3 is 15.7 Å². The maximum absolute atomic E-state index is 11.9. The average Bonchev–Trinajstić information content (AvgIpc) is 2.50. The fourth-order valence-electron chi connectivity index (χ4n) is 1.57. The number of nitrogens with zero attached hydrogens (tertiary/aromatic N) is 2. The number of hydrogen-bond acceptors (Lipinski definition) is 5. The van der Waals surface area contributed by atoms with E-state index in [1.54, 1.807) is 36.7 Å². The van der Waals surface area contributed by atoms with Gasteiger partial charge in [0.25, 0.3) is 5.91 Å². The van der Waals surface area contributed by atoms with E-state index in [2.05, 4.69) is 20.6 Å². The number of amides is 1. The van der Waals surface area contributed by atoms with Crippen LogP contribution < -0.4 is 10.6 Å². The molecule has 2 aromatic heterocycles. The van der Waals surface area contributed by atoms with E-state index >= 15 is 0 Å². The number of pyridine rings is 2. The molecule has 0 atom stereocenters. The number of nitrogens with one attached hydrogen (secondary N) is 2. The van der Waals surface area contributed by atoms with Crippen molar-refractivity contribution in [2.75, 3.05) is 23.8 Å². The van der Waals surface area contributed by atoms with Crippen molar-refractivity contribution >= 4 is 17.4 Å².